The van der Waals surface area contributed by atoms with Crippen LogP contribution < -0.4 is 16.1 Å². The van der Waals surface area contributed by atoms with Crippen molar-refractivity contribution in [3.8, 4) is 0 Å². The lowest BCUT2D eigenvalue weighted by Crippen LogP contribution is -2.50. The topological polar surface area (TPSA) is 108 Å². The molecule has 8 nitrogen and oxygen atoms in total. The number of carbonyl (C=O) groups excluding carboxylic acids is 4. The molecule has 1 aliphatic rings. The van der Waals surface area contributed by atoms with Crippen molar-refractivity contribution in [1.29, 1.82) is 0 Å². The number of benzene rings is 1. The summed E-state index contributed by atoms with van der Waals surface area (Å²) in [6.07, 6.45) is 0. The third kappa shape index (κ3) is 3.29. The Morgan fingerprint density at radius 1 is 1.15 bits per heavy atom. The molecule has 26 heavy (non-hydrogen) atoms. The molecule has 2 heterocycles. The normalized spacial score (nSPS) is 19.2. The van der Waals surface area contributed by atoms with E-state index in [1.54, 1.807) is 54.8 Å². The van der Waals surface area contributed by atoms with Gasteiger partial charge in [0.1, 0.15) is 5.54 Å². The van der Waals surface area contributed by atoms with Crippen LogP contribution in [0, 0.1) is 0 Å². The van der Waals surface area contributed by atoms with Gasteiger partial charge in [0.05, 0.1) is 11.4 Å². The molecule has 0 radical (unpaired) electrons. The maximum Gasteiger partial charge on any atom is 0.344 e. The van der Waals surface area contributed by atoms with Gasteiger partial charge in [0.15, 0.2) is 0 Å². The average Bonchev–Trinajstić information content (AvgIpc) is 3.25. The van der Waals surface area contributed by atoms with Crippen LogP contribution in [0.4, 0.5) is 4.79 Å². The summed E-state index contributed by atoms with van der Waals surface area (Å²) in [5.74, 6) is -1.69. The monoisotopic (exact) mass is 372 g/mol. The third-order valence-electron chi connectivity index (χ3n) is 3.93. The van der Waals surface area contributed by atoms with Crippen molar-refractivity contribution in [3.63, 3.8) is 0 Å². The summed E-state index contributed by atoms with van der Waals surface area (Å²) in [5, 5.41) is 7.38. The Bertz CT molecular complexity index is 853. The van der Waals surface area contributed by atoms with Gasteiger partial charge in [-0.25, -0.2) is 4.79 Å². The Morgan fingerprint density at radius 3 is 2.54 bits per heavy atom. The average molecular weight is 372 g/mol. The molecule has 5 amide bonds. The number of hydrogen-bond acceptors (Lipinski definition) is 5. The summed E-state index contributed by atoms with van der Waals surface area (Å²) in [6.45, 7) is 1.20. The number of nitrogens with one attached hydrogen (secondary N) is 3. The van der Waals surface area contributed by atoms with E-state index in [9.17, 15) is 19.2 Å². The van der Waals surface area contributed by atoms with E-state index < -0.39 is 29.3 Å². The lowest BCUT2D eigenvalue weighted by Gasteiger charge is -2.22. The number of amides is 5. The van der Waals surface area contributed by atoms with Gasteiger partial charge in [-0.2, -0.15) is 5.01 Å². The molecule has 9 heteroatoms. The van der Waals surface area contributed by atoms with Crippen molar-refractivity contribution in [2.24, 2.45) is 0 Å². The Kier molecular flexibility index (Phi) is 4.72. The van der Waals surface area contributed by atoms with Crippen molar-refractivity contribution in [3.05, 3.63) is 58.3 Å². The van der Waals surface area contributed by atoms with Gasteiger partial charge in [0.2, 0.25) is 0 Å². The summed E-state index contributed by atoms with van der Waals surface area (Å²) in [6, 6.07) is 11.3. The van der Waals surface area contributed by atoms with Gasteiger partial charge in [-0.3, -0.25) is 19.8 Å². The lowest BCUT2D eigenvalue weighted by atomic mass is 9.92. The van der Waals surface area contributed by atoms with Crippen LogP contribution >= 0.6 is 11.3 Å². The van der Waals surface area contributed by atoms with E-state index in [1.165, 1.54) is 11.3 Å². The number of rotatable bonds is 5. The van der Waals surface area contributed by atoms with E-state index in [2.05, 4.69) is 16.1 Å². The molecule has 1 aromatic heterocycles. The zero-order valence-corrected chi connectivity index (χ0v) is 14.6. The van der Waals surface area contributed by atoms with Crippen molar-refractivity contribution < 1.29 is 19.2 Å². The predicted octanol–water partition coefficient (Wildman–Crippen LogP) is 0.976. The predicted molar refractivity (Wildman–Crippen MR) is 94.0 cm³/mol. The van der Waals surface area contributed by atoms with Crippen LogP contribution in [0.15, 0.2) is 47.8 Å². The summed E-state index contributed by atoms with van der Waals surface area (Å²) in [7, 11) is 0. The van der Waals surface area contributed by atoms with Crippen LogP contribution in [0.5, 0.6) is 0 Å². The largest absolute Gasteiger partial charge is 0.344 e. The second-order valence-corrected chi connectivity index (χ2v) is 6.70. The summed E-state index contributed by atoms with van der Waals surface area (Å²) >= 11 is 1.24. The Balaban J connectivity index is 1.63. The van der Waals surface area contributed by atoms with E-state index >= 15 is 0 Å². The van der Waals surface area contributed by atoms with Crippen molar-refractivity contribution in [2.45, 2.75) is 12.5 Å². The fourth-order valence-electron chi connectivity index (χ4n) is 2.53. The van der Waals surface area contributed by atoms with Gasteiger partial charge >= 0.3 is 6.03 Å². The molecule has 1 aliphatic heterocycles. The number of imide groups is 1. The van der Waals surface area contributed by atoms with Gasteiger partial charge in [-0.05, 0) is 23.9 Å². The van der Waals surface area contributed by atoms with Gasteiger partial charge in [-0.1, -0.05) is 36.4 Å². The maximum atomic E-state index is 12.6. The van der Waals surface area contributed by atoms with Crippen LogP contribution in [0.25, 0.3) is 0 Å². The van der Waals surface area contributed by atoms with Crippen molar-refractivity contribution in [2.75, 3.05) is 6.54 Å². The minimum absolute atomic E-state index is 0.365. The zero-order chi connectivity index (χ0) is 18.7. The van der Waals surface area contributed by atoms with Gasteiger partial charge < -0.3 is 10.6 Å². The van der Waals surface area contributed by atoms with E-state index in [4.69, 9.17) is 0 Å². The van der Waals surface area contributed by atoms with Gasteiger partial charge in [0.25, 0.3) is 17.7 Å². The van der Waals surface area contributed by atoms with Gasteiger partial charge in [-0.15, -0.1) is 11.3 Å². The molecule has 0 aliphatic carbocycles. The second-order valence-electron chi connectivity index (χ2n) is 5.76. The molecule has 0 saturated carbocycles. The van der Waals surface area contributed by atoms with E-state index in [0.717, 1.165) is 0 Å². The van der Waals surface area contributed by atoms with Crippen LogP contribution in [0.2, 0.25) is 0 Å². The third-order valence-corrected chi connectivity index (χ3v) is 4.80. The highest BCUT2D eigenvalue weighted by Crippen LogP contribution is 2.27. The molecule has 3 N–H and O–H groups in total. The van der Waals surface area contributed by atoms with E-state index in [0.29, 0.717) is 15.4 Å². The molecule has 134 valence electrons. The van der Waals surface area contributed by atoms with Crippen LogP contribution in [0.3, 0.4) is 0 Å². The number of hydrazine groups is 1. The lowest BCUT2D eigenvalue weighted by molar-refractivity contribution is -0.138. The molecule has 0 spiro atoms. The number of carbonyl (C=O) groups is 4. The molecule has 1 aromatic carbocycles. The number of thiophene rings is 1. The highest BCUT2D eigenvalue weighted by atomic mass is 32.1. The van der Waals surface area contributed by atoms with Crippen molar-refractivity contribution in [1.82, 2.24) is 21.1 Å². The van der Waals surface area contributed by atoms with Crippen LogP contribution in [0.1, 0.15) is 22.2 Å². The molecule has 1 fully saturated rings. The zero-order valence-electron chi connectivity index (χ0n) is 13.8. The second kappa shape index (κ2) is 6.96. The fraction of sp³-hybridized carbons (Fsp3) is 0.176. The Morgan fingerprint density at radius 2 is 1.88 bits per heavy atom. The standard InChI is InChI=1S/C17H16N4O4S/c1-17(11-6-3-2-4-7-11)15(24)21(16(25)19-17)20-13(22)10-18-14(23)12-8-5-9-26-12/h2-9H,10H2,1H3,(H,18,23)(H,19,25)(H,20,22)/t17-/m0/s1. The molecular formula is C17H16N4O4S. The molecular weight excluding hydrogens is 356 g/mol. The summed E-state index contributed by atoms with van der Waals surface area (Å²) < 4.78 is 0. The van der Waals surface area contributed by atoms with E-state index in [-0.39, 0.29) is 6.54 Å². The smallest absolute Gasteiger partial charge is 0.342 e. The first-order valence-electron chi connectivity index (χ1n) is 7.75. The van der Waals surface area contributed by atoms with E-state index in [1.807, 2.05) is 0 Å². The highest BCUT2D eigenvalue weighted by molar-refractivity contribution is 7.12. The fourth-order valence-corrected chi connectivity index (χ4v) is 3.17. The first kappa shape index (κ1) is 17.6. The summed E-state index contributed by atoms with van der Waals surface area (Å²) in [5.41, 5.74) is 1.55. The molecule has 0 unspecified atom stereocenters. The first-order chi connectivity index (χ1) is 12.4. The van der Waals surface area contributed by atoms with Crippen molar-refractivity contribution >= 4 is 35.1 Å². The highest BCUT2D eigenvalue weighted by Gasteiger charge is 2.49. The Hall–Kier alpha value is -3.20. The Labute approximate surface area is 153 Å². The molecule has 3 rings (SSSR count). The molecule has 0 bridgehead atoms. The molecule has 2 aromatic rings. The van der Waals surface area contributed by atoms with Gasteiger partial charge in [0, 0.05) is 0 Å². The quantitative estimate of drug-likeness (QED) is 0.680. The maximum absolute atomic E-state index is 12.6. The molecule has 1 atom stereocenters. The molecule has 1 saturated heterocycles. The minimum Gasteiger partial charge on any atom is -0.342 e. The minimum atomic E-state index is -1.27. The number of nitrogens with zero attached hydrogens (tertiary/aromatic N) is 1. The first-order valence-corrected chi connectivity index (χ1v) is 8.63. The number of hydrogen-bond donors (Lipinski definition) is 3. The SMILES string of the molecule is C[C@@]1(c2ccccc2)NC(=O)N(NC(=O)CNC(=O)c2cccs2)C1=O. The van der Waals surface area contributed by atoms with Crippen LogP contribution in [-0.2, 0) is 15.1 Å². The summed E-state index contributed by atoms with van der Waals surface area (Å²) in [4.78, 5) is 49.1. The van der Waals surface area contributed by atoms with Crippen LogP contribution in [-0.4, -0.2) is 35.3 Å². The number of urea groups is 1.